The lowest BCUT2D eigenvalue weighted by Gasteiger charge is -2.09. The predicted octanol–water partition coefficient (Wildman–Crippen LogP) is 3.20. The first-order valence-electron chi connectivity index (χ1n) is 6.61. The van der Waals surface area contributed by atoms with Crippen molar-refractivity contribution in [1.82, 2.24) is 0 Å². The number of aryl methyl sites for hydroxylation is 2. The number of hydrogen-bond acceptors (Lipinski definition) is 5. The van der Waals surface area contributed by atoms with Crippen molar-refractivity contribution in [2.45, 2.75) is 13.8 Å². The molecule has 0 unspecified atom stereocenters. The quantitative estimate of drug-likeness (QED) is 0.367. The van der Waals surface area contributed by atoms with Gasteiger partial charge in [0.05, 0.1) is 4.92 Å². The number of carbonyl (C=O) groups excluding carboxylic acids is 1. The topological polar surface area (TPSA) is 78.7 Å². The highest BCUT2D eigenvalue weighted by Crippen LogP contribution is 2.20. The maximum absolute atomic E-state index is 11.7. The van der Waals surface area contributed by atoms with Gasteiger partial charge in [-0.15, -0.1) is 0 Å². The highest BCUT2D eigenvalue weighted by Gasteiger charge is 2.10. The number of nitro benzene ring substituents is 1. The van der Waals surface area contributed by atoms with Gasteiger partial charge in [0, 0.05) is 12.1 Å². The van der Waals surface area contributed by atoms with E-state index in [0.29, 0.717) is 5.75 Å². The molecule has 0 saturated carbocycles. The van der Waals surface area contributed by atoms with Gasteiger partial charge in [0.1, 0.15) is 11.5 Å². The summed E-state index contributed by atoms with van der Waals surface area (Å²) in [6.45, 7) is 3.58. The van der Waals surface area contributed by atoms with E-state index in [2.05, 4.69) is 0 Å². The van der Waals surface area contributed by atoms with Crippen molar-refractivity contribution in [3.8, 4) is 11.5 Å². The minimum atomic E-state index is -0.574. The number of nitrogens with zero attached hydrogens (tertiary/aromatic N) is 1. The number of ether oxygens (including phenoxy) is 2. The molecule has 6 heteroatoms. The summed E-state index contributed by atoms with van der Waals surface area (Å²) < 4.78 is 10.5. The summed E-state index contributed by atoms with van der Waals surface area (Å²) in [5.74, 6) is 0.288. The van der Waals surface area contributed by atoms with E-state index in [9.17, 15) is 14.9 Å². The Morgan fingerprint density at radius 3 is 2.45 bits per heavy atom. The number of nitro groups is 1. The van der Waals surface area contributed by atoms with E-state index in [1.165, 1.54) is 24.3 Å². The number of hydrogen-bond donors (Lipinski definition) is 0. The third-order valence-corrected chi connectivity index (χ3v) is 2.97. The third-order valence-electron chi connectivity index (χ3n) is 2.97. The average molecular weight is 301 g/mol. The smallest absolute Gasteiger partial charge is 0.349 e. The molecular formula is C16H15NO5. The van der Waals surface area contributed by atoms with Crippen LogP contribution in [0.5, 0.6) is 11.5 Å². The van der Waals surface area contributed by atoms with Gasteiger partial charge in [-0.1, -0.05) is 12.1 Å². The Morgan fingerprint density at radius 1 is 1.14 bits per heavy atom. The maximum atomic E-state index is 11.7. The normalized spacial score (nSPS) is 10.1. The number of esters is 1. The fourth-order valence-electron chi connectivity index (χ4n) is 1.80. The standard InChI is InChI=1S/C16H15NO5/c1-11-3-4-12(2)15(9-11)21-10-16(18)22-14-7-5-13(6-8-14)17(19)20/h3-9H,10H2,1-2H3. The van der Waals surface area contributed by atoms with E-state index in [4.69, 9.17) is 9.47 Å². The highest BCUT2D eigenvalue weighted by atomic mass is 16.6. The van der Waals surface area contributed by atoms with Crippen LogP contribution >= 0.6 is 0 Å². The largest absolute Gasteiger partial charge is 0.482 e. The van der Waals surface area contributed by atoms with Gasteiger partial charge in [0.2, 0.25) is 0 Å². The zero-order valence-corrected chi connectivity index (χ0v) is 12.2. The Morgan fingerprint density at radius 2 is 1.82 bits per heavy atom. The number of benzene rings is 2. The molecule has 0 fully saturated rings. The van der Waals surface area contributed by atoms with E-state index >= 15 is 0 Å². The molecule has 114 valence electrons. The van der Waals surface area contributed by atoms with Crippen LogP contribution in [-0.2, 0) is 4.79 Å². The Labute approximate surface area is 127 Å². The summed E-state index contributed by atoms with van der Waals surface area (Å²) in [7, 11) is 0. The van der Waals surface area contributed by atoms with E-state index < -0.39 is 10.9 Å². The fraction of sp³-hybridized carbons (Fsp3) is 0.188. The van der Waals surface area contributed by atoms with E-state index in [0.717, 1.165) is 11.1 Å². The zero-order valence-electron chi connectivity index (χ0n) is 12.2. The summed E-state index contributed by atoms with van der Waals surface area (Å²) in [6.07, 6.45) is 0. The van der Waals surface area contributed by atoms with Crippen molar-refractivity contribution in [2.24, 2.45) is 0 Å². The van der Waals surface area contributed by atoms with Crippen molar-refractivity contribution in [1.29, 1.82) is 0 Å². The first kappa shape index (κ1) is 15.5. The average Bonchev–Trinajstić information content (AvgIpc) is 2.49. The highest BCUT2D eigenvalue weighted by molar-refractivity contribution is 5.74. The molecule has 0 aromatic heterocycles. The lowest BCUT2D eigenvalue weighted by molar-refractivity contribution is -0.384. The molecule has 0 N–H and O–H groups in total. The number of carbonyl (C=O) groups is 1. The van der Waals surface area contributed by atoms with Crippen LogP contribution in [0.15, 0.2) is 42.5 Å². The van der Waals surface area contributed by atoms with Crippen LogP contribution in [-0.4, -0.2) is 17.5 Å². The van der Waals surface area contributed by atoms with Crippen LogP contribution in [0.4, 0.5) is 5.69 Å². The summed E-state index contributed by atoms with van der Waals surface area (Å²) >= 11 is 0. The summed E-state index contributed by atoms with van der Waals surface area (Å²) in [5.41, 5.74) is 1.89. The van der Waals surface area contributed by atoms with Gasteiger partial charge < -0.3 is 9.47 Å². The van der Waals surface area contributed by atoms with Crippen molar-refractivity contribution < 1.29 is 19.2 Å². The first-order valence-corrected chi connectivity index (χ1v) is 6.61. The third kappa shape index (κ3) is 4.05. The molecule has 0 amide bonds. The molecule has 6 nitrogen and oxygen atoms in total. The molecule has 0 aliphatic carbocycles. The van der Waals surface area contributed by atoms with Gasteiger partial charge in [-0.25, -0.2) is 4.79 Å². The zero-order chi connectivity index (χ0) is 16.1. The van der Waals surface area contributed by atoms with Gasteiger partial charge in [-0.3, -0.25) is 10.1 Å². The Bertz CT molecular complexity index is 694. The molecule has 0 aliphatic rings. The van der Waals surface area contributed by atoms with Crippen LogP contribution in [0.1, 0.15) is 11.1 Å². The molecule has 0 heterocycles. The monoisotopic (exact) mass is 301 g/mol. The second kappa shape index (κ2) is 6.71. The molecule has 0 saturated heterocycles. The SMILES string of the molecule is Cc1ccc(C)c(OCC(=O)Oc2ccc([N+](=O)[O-])cc2)c1. The van der Waals surface area contributed by atoms with E-state index in [1.54, 1.807) is 0 Å². The second-order valence-electron chi connectivity index (χ2n) is 4.78. The summed E-state index contributed by atoms with van der Waals surface area (Å²) in [5, 5.41) is 10.5. The Kier molecular flexibility index (Phi) is 4.73. The molecule has 2 aromatic rings. The second-order valence-corrected chi connectivity index (χ2v) is 4.78. The van der Waals surface area contributed by atoms with Crippen LogP contribution in [0.3, 0.4) is 0 Å². The van der Waals surface area contributed by atoms with Crippen molar-refractivity contribution in [2.75, 3.05) is 6.61 Å². The Balaban J connectivity index is 1.92. The molecule has 0 radical (unpaired) electrons. The van der Waals surface area contributed by atoms with Crippen molar-refractivity contribution in [3.05, 3.63) is 63.7 Å². The van der Waals surface area contributed by atoms with Gasteiger partial charge in [0.25, 0.3) is 5.69 Å². The molecule has 0 atom stereocenters. The molecule has 0 spiro atoms. The van der Waals surface area contributed by atoms with Crippen LogP contribution in [0, 0.1) is 24.0 Å². The molecule has 2 rings (SSSR count). The molecule has 2 aromatic carbocycles. The molecular weight excluding hydrogens is 286 g/mol. The fourth-order valence-corrected chi connectivity index (χ4v) is 1.80. The lowest BCUT2D eigenvalue weighted by atomic mass is 10.1. The summed E-state index contributed by atoms with van der Waals surface area (Å²) in [4.78, 5) is 21.7. The van der Waals surface area contributed by atoms with Crippen molar-refractivity contribution >= 4 is 11.7 Å². The van der Waals surface area contributed by atoms with Crippen LogP contribution in [0.2, 0.25) is 0 Å². The van der Waals surface area contributed by atoms with E-state index in [-0.39, 0.29) is 18.0 Å². The number of rotatable bonds is 5. The number of non-ortho nitro benzene ring substituents is 1. The van der Waals surface area contributed by atoms with Crippen LogP contribution in [0.25, 0.3) is 0 Å². The Hall–Kier alpha value is -2.89. The predicted molar refractivity (Wildman–Crippen MR) is 80.1 cm³/mol. The maximum Gasteiger partial charge on any atom is 0.349 e. The van der Waals surface area contributed by atoms with Crippen molar-refractivity contribution in [3.63, 3.8) is 0 Å². The minimum Gasteiger partial charge on any atom is -0.482 e. The molecule has 0 aliphatic heterocycles. The van der Waals surface area contributed by atoms with Crippen LogP contribution < -0.4 is 9.47 Å². The van der Waals surface area contributed by atoms with Gasteiger partial charge in [-0.2, -0.15) is 0 Å². The summed E-state index contributed by atoms with van der Waals surface area (Å²) in [6, 6.07) is 11.0. The first-order chi connectivity index (χ1) is 10.5. The van der Waals surface area contributed by atoms with Gasteiger partial charge in [-0.05, 0) is 43.2 Å². The van der Waals surface area contributed by atoms with Gasteiger partial charge in [0.15, 0.2) is 6.61 Å². The minimum absolute atomic E-state index is 0.0635. The van der Waals surface area contributed by atoms with Gasteiger partial charge >= 0.3 is 5.97 Å². The molecule has 0 bridgehead atoms. The molecule has 22 heavy (non-hydrogen) atoms. The van der Waals surface area contributed by atoms with E-state index in [1.807, 2.05) is 32.0 Å². The lowest BCUT2D eigenvalue weighted by Crippen LogP contribution is -2.18.